The minimum absolute atomic E-state index is 0.115. The van der Waals surface area contributed by atoms with Crippen LogP contribution in [0.25, 0.3) is 0 Å². The summed E-state index contributed by atoms with van der Waals surface area (Å²) < 4.78 is 0. The first-order valence-corrected chi connectivity index (χ1v) is 5.82. The fraction of sp³-hybridized carbons (Fsp3) is 0.400. The number of pyridine rings is 1. The molecule has 1 unspecified atom stereocenters. The van der Waals surface area contributed by atoms with Crippen LogP contribution >= 0.6 is 23.4 Å². The molecule has 1 atom stereocenters. The van der Waals surface area contributed by atoms with Gasteiger partial charge in [0.15, 0.2) is 0 Å². The number of aromatic nitrogens is 1. The number of hydrogen-bond acceptors (Lipinski definition) is 3. The topological polar surface area (TPSA) is 30.0 Å². The number of carbonyl (C=O) groups excluding carboxylic acids is 1. The molecule has 2 nitrogen and oxygen atoms in total. The van der Waals surface area contributed by atoms with Crippen LogP contribution in [0.5, 0.6) is 0 Å². The summed E-state index contributed by atoms with van der Waals surface area (Å²) in [4.78, 5) is 15.5. The van der Waals surface area contributed by atoms with Crippen molar-refractivity contribution < 1.29 is 4.79 Å². The highest BCUT2D eigenvalue weighted by Gasteiger charge is 2.25. The van der Waals surface area contributed by atoms with Gasteiger partial charge in [0.1, 0.15) is 5.78 Å². The average Bonchev–Trinajstić information content (AvgIpc) is 2.56. The lowest BCUT2D eigenvalue weighted by molar-refractivity contribution is -0.116. The van der Waals surface area contributed by atoms with Crippen LogP contribution in [0.2, 0.25) is 5.02 Å². The maximum Gasteiger partial charge on any atom is 0.146 e. The van der Waals surface area contributed by atoms with Crippen LogP contribution in [0.1, 0.15) is 19.3 Å². The molecule has 1 heterocycles. The lowest BCUT2D eigenvalue weighted by Gasteiger charge is -2.05. The van der Waals surface area contributed by atoms with Gasteiger partial charge in [-0.25, -0.2) is 4.98 Å². The minimum Gasteiger partial charge on any atom is -0.298 e. The van der Waals surface area contributed by atoms with Gasteiger partial charge >= 0.3 is 0 Å². The van der Waals surface area contributed by atoms with E-state index >= 15 is 0 Å². The van der Waals surface area contributed by atoms with Crippen molar-refractivity contribution in [3.05, 3.63) is 23.4 Å². The second-order valence-electron chi connectivity index (χ2n) is 3.28. The molecule has 74 valence electrons. The van der Waals surface area contributed by atoms with Crippen LogP contribution in [0.3, 0.4) is 0 Å². The summed E-state index contributed by atoms with van der Waals surface area (Å²) in [5.41, 5.74) is 0. The van der Waals surface area contributed by atoms with Gasteiger partial charge in [-0.2, -0.15) is 0 Å². The van der Waals surface area contributed by atoms with E-state index in [1.165, 1.54) is 0 Å². The molecule has 0 aliphatic heterocycles. The van der Waals surface area contributed by atoms with Crippen molar-refractivity contribution >= 4 is 29.1 Å². The molecule has 2 rings (SSSR count). The number of hydrogen-bond donors (Lipinski definition) is 0. The van der Waals surface area contributed by atoms with E-state index in [1.807, 2.05) is 6.07 Å². The first kappa shape index (κ1) is 9.99. The molecule has 0 amide bonds. The Labute approximate surface area is 92.1 Å². The molecule has 0 bridgehead atoms. The maximum atomic E-state index is 11.4. The molecule has 4 heteroatoms. The number of halogens is 1. The van der Waals surface area contributed by atoms with Crippen molar-refractivity contribution in [2.75, 3.05) is 0 Å². The highest BCUT2D eigenvalue weighted by Crippen LogP contribution is 2.31. The predicted octanol–water partition coefficient (Wildman–Crippen LogP) is 2.95. The molecule has 0 saturated heterocycles. The fourth-order valence-electron chi connectivity index (χ4n) is 1.49. The van der Waals surface area contributed by atoms with E-state index in [-0.39, 0.29) is 5.25 Å². The number of rotatable bonds is 2. The van der Waals surface area contributed by atoms with Crippen LogP contribution in [0.15, 0.2) is 23.4 Å². The first-order chi connectivity index (χ1) is 6.75. The van der Waals surface area contributed by atoms with Crippen LogP contribution < -0.4 is 0 Å². The van der Waals surface area contributed by atoms with Crippen molar-refractivity contribution in [3.8, 4) is 0 Å². The van der Waals surface area contributed by atoms with Gasteiger partial charge in [0.25, 0.3) is 0 Å². The second kappa shape index (κ2) is 4.32. The number of carbonyl (C=O) groups is 1. The van der Waals surface area contributed by atoms with Gasteiger partial charge in [-0.3, -0.25) is 4.79 Å². The summed E-state index contributed by atoms with van der Waals surface area (Å²) >= 11 is 7.27. The lowest BCUT2D eigenvalue weighted by atomic mass is 10.3. The molecule has 1 aliphatic rings. The Morgan fingerprint density at radius 3 is 2.93 bits per heavy atom. The highest BCUT2D eigenvalue weighted by molar-refractivity contribution is 8.00. The summed E-state index contributed by atoms with van der Waals surface area (Å²) in [6.07, 6.45) is 4.34. The third-order valence-corrected chi connectivity index (χ3v) is 3.70. The van der Waals surface area contributed by atoms with E-state index in [9.17, 15) is 4.79 Å². The smallest absolute Gasteiger partial charge is 0.146 e. The van der Waals surface area contributed by atoms with Crippen LogP contribution in [-0.2, 0) is 4.79 Å². The summed E-state index contributed by atoms with van der Waals surface area (Å²) in [6, 6.07) is 3.66. The van der Waals surface area contributed by atoms with Crippen LogP contribution in [-0.4, -0.2) is 16.0 Å². The van der Waals surface area contributed by atoms with E-state index in [0.29, 0.717) is 10.8 Å². The third kappa shape index (κ3) is 2.28. The normalized spacial score (nSPS) is 21.5. The zero-order valence-electron chi connectivity index (χ0n) is 7.57. The number of thioether (sulfide) groups is 1. The van der Waals surface area contributed by atoms with E-state index in [4.69, 9.17) is 11.6 Å². The van der Waals surface area contributed by atoms with Crippen molar-refractivity contribution in [2.24, 2.45) is 0 Å². The first-order valence-electron chi connectivity index (χ1n) is 4.56. The van der Waals surface area contributed by atoms with Gasteiger partial charge in [0.2, 0.25) is 0 Å². The number of nitrogens with zero attached hydrogens (tertiary/aromatic N) is 1. The molecular formula is C10H10ClNOS. The Balaban J connectivity index is 2.03. The molecule has 1 saturated carbocycles. The van der Waals surface area contributed by atoms with Crippen molar-refractivity contribution in [1.82, 2.24) is 4.98 Å². The Kier molecular flexibility index (Phi) is 3.08. The van der Waals surface area contributed by atoms with Gasteiger partial charge in [0.05, 0.1) is 15.3 Å². The molecular weight excluding hydrogens is 218 g/mol. The number of ketones is 1. The summed E-state index contributed by atoms with van der Waals surface area (Å²) in [5.74, 6) is 0.353. The zero-order chi connectivity index (χ0) is 9.97. The van der Waals surface area contributed by atoms with Gasteiger partial charge in [-0.1, -0.05) is 23.4 Å². The second-order valence-corrected chi connectivity index (χ2v) is 4.94. The molecule has 0 aromatic carbocycles. The maximum absolute atomic E-state index is 11.4. The Bertz CT molecular complexity index is 338. The van der Waals surface area contributed by atoms with Crippen LogP contribution in [0.4, 0.5) is 0 Å². The van der Waals surface area contributed by atoms with E-state index < -0.39 is 0 Å². The predicted molar refractivity (Wildman–Crippen MR) is 57.8 cm³/mol. The standard InChI is InChI=1S/C10H10ClNOS/c11-7-4-5-10(12-6-7)14-9-3-1-2-8(9)13/h4-6,9H,1-3H2. The van der Waals surface area contributed by atoms with E-state index in [2.05, 4.69) is 4.98 Å². The van der Waals surface area contributed by atoms with Gasteiger partial charge in [-0.15, -0.1) is 0 Å². The van der Waals surface area contributed by atoms with Crippen molar-refractivity contribution in [1.29, 1.82) is 0 Å². The molecule has 0 spiro atoms. The Morgan fingerprint density at radius 1 is 1.50 bits per heavy atom. The largest absolute Gasteiger partial charge is 0.298 e. The van der Waals surface area contributed by atoms with E-state index in [0.717, 1.165) is 24.3 Å². The van der Waals surface area contributed by atoms with Gasteiger partial charge < -0.3 is 0 Å². The SMILES string of the molecule is O=C1CCCC1Sc1ccc(Cl)cn1. The summed E-state index contributed by atoms with van der Waals surface area (Å²) in [6.45, 7) is 0. The van der Waals surface area contributed by atoms with E-state index in [1.54, 1.807) is 24.0 Å². The van der Waals surface area contributed by atoms with Crippen molar-refractivity contribution in [2.45, 2.75) is 29.5 Å². The Hall–Kier alpha value is -0.540. The van der Waals surface area contributed by atoms with Crippen molar-refractivity contribution in [3.63, 3.8) is 0 Å². The molecule has 0 N–H and O–H groups in total. The third-order valence-electron chi connectivity index (χ3n) is 2.21. The lowest BCUT2D eigenvalue weighted by Crippen LogP contribution is -2.07. The fourth-order valence-corrected chi connectivity index (χ4v) is 2.68. The van der Waals surface area contributed by atoms with Gasteiger partial charge in [0, 0.05) is 12.6 Å². The molecule has 0 radical (unpaired) electrons. The summed E-state index contributed by atoms with van der Waals surface area (Å²) in [5, 5.41) is 1.63. The minimum atomic E-state index is 0.115. The molecule has 1 fully saturated rings. The summed E-state index contributed by atoms with van der Waals surface area (Å²) in [7, 11) is 0. The molecule has 1 aliphatic carbocycles. The number of Topliss-reactive ketones (excluding diaryl/α,β-unsaturated/α-hetero) is 1. The van der Waals surface area contributed by atoms with Crippen LogP contribution in [0, 0.1) is 0 Å². The quantitative estimate of drug-likeness (QED) is 0.778. The average molecular weight is 228 g/mol. The van der Waals surface area contributed by atoms with Gasteiger partial charge in [-0.05, 0) is 25.0 Å². The molecule has 1 aromatic rings. The zero-order valence-corrected chi connectivity index (χ0v) is 9.14. The highest BCUT2D eigenvalue weighted by atomic mass is 35.5. The molecule has 14 heavy (non-hydrogen) atoms. The monoisotopic (exact) mass is 227 g/mol. The molecule has 1 aromatic heterocycles. The Morgan fingerprint density at radius 2 is 2.36 bits per heavy atom.